The van der Waals surface area contributed by atoms with Gasteiger partial charge in [-0.1, -0.05) is 44.2 Å². The minimum absolute atomic E-state index is 0.00535. The molecule has 0 aliphatic rings. The molecule has 17 heavy (non-hydrogen) atoms. The number of halogens is 1. The summed E-state index contributed by atoms with van der Waals surface area (Å²) in [5.74, 6) is 0.331. The average Bonchev–Trinajstić information content (AvgIpc) is 2.30. The van der Waals surface area contributed by atoms with Crippen LogP contribution in [0.1, 0.15) is 32.3 Å². The Morgan fingerprint density at radius 3 is 2.35 bits per heavy atom. The molecule has 0 bridgehead atoms. The fourth-order valence-corrected chi connectivity index (χ4v) is 2.20. The summed E-state index contributed by atoms with van der Waals surface area (Å²) >= 11 is 0. The smallest absolute Gasteiger partial charge is 0.104 e. The zero-order valence-corrected chi connectivity index (χ0v) is 10.9. The first kappa shape index (κ1) is 14.2. The predicted molar refractivity (Wildman–Crippen MR) is 71.7 cm³/mol. The lowest BCUT2D eigenvalue weighted by atomic mass is 9.88. The Balaban J connectivity index is 2.31. The third-order valence-corrected chi connectivity index (χ3v) is 3.38. The Hall–Kier alpha value is -0.890. The lowest BCUT2D eigenvalue weighted by Gasteiger charge is -2.23. The molecule has 0 radical (unpaired) electrons. The summed E-state index contributed by atoms with van der Waals surface area (Å²) in [5, 5.41) is 0. The van der Waals surface area contributed by atoms with Crippen LogP contribution >= 0.6 is 0 Å². The zero-order valence-electron chi connectivity index (χ0n) is 10.9. The van der Waals surface area contributed by atoms with Gasteiger partial charge in [-0.2, -0.15) is 0 Å². The fourth-order valence-electron chi connectivity index (χ4n) is 2.20. The van der Waals surface area contributed by atoms with Crippen LogP contribution in [0.3, 0.4) is 0 Å². The van der Waals surface area contributed by atoms with Crippen molar-refractivity contribution in [3.8, 4) is 0 Å². The van der Waals surface area contributed by atoms with Crippen molar-refractivity contribution in [1.29, 1.82) is 0 Å². The van der Waals surface area contributed by atoms with Gasteiger partial charge in [-0.25, -0.2) is 4.39 Å². The molecule has 2 heteroatoms. The molecule has 2 N–H and O–H groups in total. The van der Waals surface area contributed by atoms with E-state index in [1.807, 2.05) is 32.0 Å². The molecule has 2 atom stereocenters. The molecule has 2 unspecified atom stereocenters. The van der Waals surface area contributed by atoms with E-state index in [0.717, 1.165) is 12.8 Å². The molecule has 0 saturated heterocycles. The van der Waals surface area contributed by atoms with Crippen molar-refractivity contribution in [3.05, 3.63) is 35.9 Å². The third kappa shape index (κ3) is 4.86. The van der Waals surface area contributed by atoms with Gasteiger partial charge in [0, 0.05) is 5.92 Å². The summed E-state index contributed by atoms with van der Waals surface area (Å²) in [4.78, 5) is 0. The maximum atomic E-state index is 13.9. The Labute approximate surface area is 104 Å². The van der Waals surface area contributed by atoms with E-state index in [4.69, 9.17) is 5.73 Å². The maximum absolute atomic E-state index is 13.9. The van der Waals surface area contributed by atoms with E-state index >= 15 is 0 Å². The SMILES string of the molecule is CC(C)C(CN)C(F)CCCc1ccccc1. The van der Waals surface area contributed by atoms with Crippen molar-refractivity contribution >= 4 is 0 Å². The molecule has 96 valence electrons. The Bertz CT molecular complexity index is 297. The highest BCUT2D eigenvalue weighted by molar-refractivity contribution is 5.14. The second kappa shape index (κ2) is 7.44. The van der Waals surface area contributed by atoms with Crippen LogP contribution in [0.4, 0.5) is 4.39 Å². The molecular weight excluding hydrogens is 213 g/mol. The highest BCUT2D eigenvalue weighted by atomic mass is 19.1. The van der Waals surface area contributed by atoms with E-state index < -0.39 is 6.17 Å². The Morgan fingerprint density at radius 1 is 1.18 bits per heavy atom. The number of hydrogen-bond donors (Lipinski definition) is 1. The Kier molecular flexibility index (Phi) is 6.20. The van der Waals surface area contributed by atoms with Crippen LogP contribution in [0.25, 0.3) is 0 Å². The van der Waals surface area contributed by atoms with Crippen molar-refractivity contribution < 1.29 is 4.39 Å². The van der Waals surface area contributed by atoms with Gasteiger partial charge in [0.25, 0.3) is 0 Å². The third-order valence-electron chi connectivity index (χ3n) is 3.38. The molecule has 0 aliphatic heterocycles. The molecule has 1 aromatic rings. The largest absolute Gasteiger partial charge is 0.330 e. The minimum atomic E-state index is -0.760. The van der Waals surface area contributed by atoms with Crippen molar-refractivity contribution in [2.24, 2.45) is 17.6 Å². The number of nitrogens with two attached hydrogens (primary N) is 1. The normalized spacial score (nSPS) is 14.9. The van der Waals surface area contributed by atoms with Crippen LogP contribution in [0, 0.1) is 11.8 Å². The van der Waals surface area contributed by atoms with Crippen LogP contribution in [0.2, 0.25) is 0 Å². The monoisotopic (exact) mass is 237 g/mol. The Morgan fingerprint density at radius 2 is 1.82 bits per heavy atom. The minimum Gasteiger partial charge on any atom is -0.330 e. The summed E-state index contributed by atoms with van der Waals surface area (Å²) < 4.78 is 13.9. The number of aryl methyl sites for hydroxylation is 1. The van der Waals surface area contributed by atoms with Gasteiger partial charge in [0.05, 0.1) is 0 Å². The lowest BCUT2D eigenvalue weighted by Crippen LogP contribution is -2.29. The highest BCUT2D eigenvalue weighted by Gasteiger charge is 2.22. The van der Waals surface area contributed by atoms with Crippen LogP contribution in [0.15, 0.2) is 30.3 Å². The quantitative estimate of drug-likeness (QED) is 0.770. The van der Waals surface area contributed by atoms with Crippen molar-refractivity contribution in [3.63, 3.8) is 0 Å². The molecule has 1 nitrogen and oxygen atoms in total. The maximum Gasteiger partial charge on any atom is 0.104 e. The lowest BCUT2D eigenvalue weighted by molar-refractivity contribution is 0.173. The van der Waals surface area contributed by atoms with Crippen molar-refractivity contribution in [2.75, 3.05) is 6.54 Å². The molecule has 0 aromatic heterocycles. The molecule has 1 aromatic carbocycles. The predicted octanol–water partition coefficient (Wildman–Crippen LogP) is 3.58. The van der Waals surface area contributed by atoms with Crippen LogP contribution in [0.5, 0.6) is 0 Å². The summed E-state index contributed by atoms with van der Waals surface area (Å²) in [7, 11) is 0. The van der Waals surface area contributed by atoms with Crippen LogP contribution < -0.4 is 5.73 Å². The van der Waals surface area contributed by atoms with Gasteiger partial charge in [-0.15, -0.1) is 0 Å². The summed E-state index contributed by atoms with van der Waals surface area (Å²) in [5.41, 5.74) is 6.90. The van der Waals surface area contributed by atoms with E-state index in [2.05, 4.69) is 12.1 Å². The van der Waals surface area contributed by atoms with Crippen LogP contribution in [-0.2, 0) is 6.42 Å². The fraction of sp³-hybridized carbons (Fsp3) is 0.600. The van der Waals surface area contributed by atoms with Gasteiger partial charge < -0.3 is 5.73 Å². The topological polar surface area (TPSA) is 26.0 Å². The standard InChI is InChI=1S/C15H24FN/c1-12(2)14(11-17)15(16)10-6-9-13-7-4-3-5-8-13/h3-5,7-8,12,14-15H,6,9-11,17H2,1-2H3. The van der Waals surface area contributed by atoms with Gasteiger partial charge in [-0.05, 0) is 37.3 Å². The summed E-state index contributed by atoms with van der Waals surface area (Å²) in [6, 6.07) is 10.2. The molecule has 0 amide bonds. The first-order valence-electron chi connectivity index (χ1n) is 6.53. The molecule has 0 aliphatic carbocycles. The van der Waals surface area contributed by atoms with Crippen molar-refractivity contribution in [2.45, 2.75) is 39.3 Å². The first-order chi connectivity index (χ1) is 8.15. The van der Waals surface area contributed by atoms with E-state index in [1.54, 1.807) is 0 Å². The van der Waals surface area contributed by atoms with Gasteiger partial charge >= 0.3 is 0 Å². The highest BCUT2D eigenvalue weighted by Crippen LogP contribution is 2.21. The van der Waals surface area contributed by atoms with E-state index in [9.17, 15) is 4.39 Å². The first-order valence-corrected chi connectivity index (χ1v) is 6.53. The molecule has 0 spiro atoms. The zero-order chi connectivity index (χ0) is 12.7. The van der Waals surface area contributed by atoms with Gasteiger partial charge in [0.1, 0.15) is 6.17 Å². The second-order valence-corrected chi connectivity index (χ2v) is 5.04. The summed E-state index contributed by atoms with van der Waals surface area (Å²) in [6.45, 7) is 4.53. The van der Waals surface area contributed by atoms with Gasteiger partial charge in [-0.3, -0.25) is 0 Å². The van der Waals surface area contributed by atoms with E-state index in [0.29, 0.717) is 18.9 Å². The molecule has 1 rings (SSSR count). The van der Waals surface area contributed by atoms with Gasteiger partial charge in [0.2, 0.25) is 0 Å². The molecular formula is C15H24FN. The molecule has 0 heterocycles. The number of benzene rings is 1. The number of alkyl halides is 1. The van der Waals surface area contributed by atoms with Crippen LogP contribution in [-0.4, -0.2) is 12.7 Å². The average molecular weight is 237 g/mol. The van der Waals surface area contributed by atoms with Crippen molar-refractivity contribution in [1.82, 2.24) is 0 Å². The number of rotatable bonds is 7. The second-order valence-electron chi connectivity index (χ2n) is 5.04. The van der Waals surface area contributed by atoms with E-state index in [-0.39, 0.29) is 5.92 Å². The molecule has 0 saturated carbocycles. The van der Waals surface area contributed by atoms with Gasteiger partial charge in [0.15, 0.2) is 0 Å². The number of hydrogen-bond acceptors (Lipinski definition) is 1. The summed E-state index contributed by atoms with van der Waals surface area (Å²) in [6.07, 6.45) is 1.71. The molecule has 0 fully saturated rings. The van der Waals surface area contributed by atoms with E-state index in [1.165, 1.54) is 5.56 Å².